The Morgan fingerprint density at radius 2 is 1.90 bits per heavy atom. The monoisotopic (exact) mass is 273 g/mol. The number of primary amides is 1. The summed E-state index contributed by atoms with van der Waals surface area (Å²) >= 11 is 0. The zero-order valence-electron chi connectivity index (χ0n) is 12.0. The molecule has 2 amide bonds. The molecule has 2 aromatic rings. The largest absolute Gasteiger partial charge is 0.351 e. The predicted molar refractivity (Wildman–Crippen MR) is 78.0 cm³/mol. The maximum atomic E-state index is 11.9. The van der Waals surface area contributed by atoms with E-state index < -0.39 is 6.03 Å². The van der Waals surface area contributed by atoms with E-state index in [1.807, 2.05) is 32.0 Å². The summed E-state index contributed by atoms with van der Waals surface area (Å²) in [4.78, 5) is 17.5. The van der Waals surface area contributed by atoms with Crippen molar-refractivity contribution in [2.75, 3.05) is 4.90 Å². The molecule has 1 aromatic heterocycles. The fraction of sp³-hybridized carbons (Fsp3) is 0.357. The van der Waals surface area contributed by atoms with Gasteiger partial charge in [0.25, 0.3) is 5.95 Å². The summed E-state index contributed by atoms with van der Waals surface area (Å²) in [5.74, 6) is 0.920. The van der Waals surface area contributed by atoms with E-state index in [1.165, 1.54) is 4.90 Å². The van der Waals surface area contributed by atoms with Gasteiger partial charge in [0.2, 0.25) is 0 Å². The van der Waals surface area contributed by atoms with Crippen molar-refractivity contribution in [3.8, 4) is 0 Å². The minimum absolute atomic E-state index is 0.283. The zero-order valence-corrected chi connectivity index (χ0v) is 12.0. The van der Waals surface area contributed by atoms with E-state index in [9.17, 15) is 4.79 Å². The van der Waals surface area contributed by atoms with Gasteiger partial charge in [0.05, 0.1) is 5.69 Å². The van der Waals surface area contributed by atoms with Crippen LogP contribution in [0.4, 0.5) is 16.4 Å². The molecule has 0 aliphatic carbocycles. The molecule has 0 aliphatic rings. The first-order valence-corrected chi connectivity index (χ1v) is 6.67. The summed E-state index contributed by atoms with van der Waals surface area (Å²) in [6.45, 7) is 5.86. The molecule has 0 radical (unpaired) electrons. The lowest BCUT2D eigenvalue weighted by Gasteiger charge is -2.22. The third kappa shape index (κ3) is 2.49. The van der Waals surface area contributed by atoms with Crippen LogP contribution in [0.1, 0.15) is 30.8 Å². The Morgan fingerprint density at radius 1 is 1.30 bits per heavy atom. The van der Waals surface area contributed by atoms with Crippen LogP contribution in [0.25, 0.3) is 0 Å². The van der Waals surface area contributed by atoms with Crippen LogP contribution in [0.2, 0.25) is 0 Å². The fourth-order valence-corrected chi connectivity index (χ4v) is 2.24. The number of nitrogens with two attached hydrogens (primary N) is 1. The van der Waals surface area contributed by atoms with E-state index >= 15 is 0 Å². The van der Waals surface area contributed by atoms with Crippen molar-refractivity contribution in [1.82, 2.24) is 15.2 Å². The molecule has 0 saturated heterocycles. The van der Waals surface area contributed by atoms with E-state index in [2.05, 4.69) is 15.2 Å². The first-order chi connectivity index (χ1) is 9.58. The van der Waals surface area contributed by atoms with Crippen molar-refractivity contribution in [3.05, 3.63) is 35.2 Å². The molecule has 3 N–H and O–H groups in total. The number of hydrogen-bond acceptors (Lipinski definition) is 3. The number of benzene rings is 1. The summed E-state index contributed by atoms with van der Waals surface area (Å²) in [6.07, 6.45) is 1.60. The molecule has 20 heavy (non-hydrogen) atoms. The van der Waals surface area contributed by atoms with Crippen molar-refractivity contribution >= 4 is 17.7 Å². The van der Waals surface area contributed by atoms with Gasteiger partial charge in [-0.05, 0) is 30.9 Å². The fourth-order valence-electron chi connectivity index (χ4n) is 2.24. The van der Waals surface area contributed by atoms with Crippen LogP contribution in [0.5, 0.6) is 0 Å². The minimum atomic E-state index is -0.584. The number of amides is 2. The number of rotatable bonds is 4. The highest BCUT2D eigenvalue weighted by Gasteiger charge is 2.23. The second-order valence-corrected chi connectivity index (χ2v) is 4.53. The van der Waals surface area contributed by atoms with E-state index in [0.717, 1.165) is 29.7 Å². The molecular weight excluding hydrogens is 254 g/mol. The van der Waals surface area contributed by atoms with Crippen LogP contribution >= 0.6 is 0 Å². The number of carbonyl (C=O) groups excluding carboxylic acids is 1. The van der Waals surface area contributed by atoms with E-state index in [0.29, 0.717) is 5.82 Å². The Kier molecular flexibility index (Phi) is 4.02. The van der Waals surface area contributed by atoms with Crippen molar-refractivity contribution in [1.29, 1.82) is 0 Å². The normalized spacial score (nSPS) is 10.6. The quantitative estimate of drug-likeness (QED) is 0.896. The molecule has 0 bridgehead atoms. The Bertz CT molecular complexity index is 598. The van der Waals surface area contributed by atoms with Crippen molar-refractivity contribution in [2.24, 2.45) is 5.73 Å². The van der Waals surface area contributed by atoms with Gasteiger partial charge in [0.15, 0.2) is 0 Å². The van der Waals surface area contributed by atoms with Crippen molar-refractivity contribution in [2.45, 2.75) is 33.6 Å². The van der Waals surface area contributed by atoms with Crippen molar-refractivity contribution in [3.63, 3.8) is 0 Å². The molecule has 0 spiro atoms. The van der Waals surface area contributed by atoms with Crippen LogP contribution in [0.3, 0.4) is 0 Å². The second-order valence-electron chi connectivity index (χ2n) is 4.53. The lowest BCUT2D eigenvalue weighted by Crippen LogP contribution is -2.33. The summed E-state index contributed by atoms with van der Waals surface area (Å²) in [6, 6.07) is 5.39. The standard InChI is InChI=1S/C14H19N5O/c1-4-10-7-6-8-11(5-2)12(10)19(13(15)20)14-16-9(3)17-18-14/h6-8H,4-5H2,1-3H3,(H2,15,20)(H,16,17,18). The highest BCUT2D eigenvalue weighted by atomic mass is 16.2. The lowest BCUT2D eigenvalue weighted by atomic mass is 10.0. The minimum Gasteiger partial charge on any atom is -0.351 e. The summed E-state index contributed by atoms with van der Waals surface area (Å²) in [5.41, 5.74) is 8.44. The van der Waals surface area contributed by atoms with Gasteiger partial charge in [-0.3, -0.25) is 5.10 Å². The number of nitrogens with zero attached hydrogens (tertiary/aromatic N) is 3. The Balaban J connectivity index is 2.63. The molecule has 106 valence electrons. The van der Waals surface area contributed by atoms with Gasteiger partial charge in [0.1, 0.15) is 5.82 Å². The Hall–Kier alpha value is -2.37. The predicted octanol–water partition coefficient (Wildman–Crippen LogP) is 2.45. The number of H-pyrrole nitrogens is 1. The van der Waals surface area contributed by atoms with Gasteiger partial charge in [-0.25, -0.2) is 9.69 Å². The molecule has 1 heterocycles. The summed E-state index contributed by atoms with van der Waals surface area (Å²) in [5, 5.41) is 6.79. The molecule has 1 aromatic carbocycles. The van der Waals surface area contributed by atoms with E-state index in [4.69, 9.17) is 5.73 Å². The number of aromatic nitrogens is 3. The first-order valence-electron chi connectivity index (χ1n) is 6.67. The number of aromatic amines is 1. The van der Waals surface area contributed by atoms with Crippen LogP contribution in [-0.2, 0) is 12.8 Å². The third-order valence-electron chi connectivity index (χ3n) is 3.19. The van der Waals surface area contributed by atoms with Gasteiger partial charge in [-0.1, -0.05) is 32.0 Å². The van der Waals surface area contributed by atoms with Gasteiger partial charge < -0.3 is 5.73 Å². The molecule has 0 atom stereocenters. The topological polar surface area (TPSA) is 87.9 Å². The Labute approximate surface area is 118 Å². The smallest absolute Gasteiger partial charge is 0.326 e. The lowest BCUT2D eigenvalue weighted by molar-refractivity contribution is 0.255. The molecule has 6 heteroatoms. The number of carbonyl (C=O) groups is 1. The maximum absolute atomic E-state index is 11.9. The highest BCUT2D eigenvalue weighted by molar-refractivity contribution is 5.98. The zero-order chi connectivity index (χ0) is 14.7. The van der Waals surface area contributed by atoms with Gasteiger partial charge in [-0.2, -0.15) is 4.98 Å². The van der Waals surface area contributed by atoms with Crippen LogP contribution < -0.4 is 10.6 Å². The average Bonchev–Trinajstić information content (AvgIpc) is 2.85. The molecule has 2 rings (SSSR count). The molecule has 0 aliphatic heterocycles. The van der Waals surface area contributed by atoms with Gasteiger partial charge in [-0.15, -0.1) is 5.10 Å². The summed E-state index contributed by atoms with van der Waals surface area (Å²) in [7, 11) is 0. The molecule has 0 unspecified atom stereocenters. The Morgan fingerprint density at radius 3 is 2.30 bits per heavy atom. The highest BCUT2D eigenvalue weighted by Crippen LogP contribution is 2.31. The van der Waals surface area contributed by atoms with Gasteiger partial charge >= 0.3 is 6.03 Å². The summed E-state index contributed by atoms with van der Waals surface area (Å²) < 4.78 is 0. The number of hydrogen-bond donors (Lipinski definition) is 2. The number of para-hydroxylation sites is 1. The molecule has 0 saturated carbocycles. The number of nitrogens with one attached hydrogen (secondary N) is 1. The van der Waals surface area contributed by atoms with Crippen LogP contribution in [-0.4, -0.2) is 21.2 Å². The molecular formula is C14H19N5O. The van der Waals surface area contributed by atoms with Crippen molar-refractivity contribution < 1.29 is 4.79 Å². The second kappa shape index (κ2) is 5.73. The number of urea groups is 1. The average molecular weight is 273 g/mol. The third-order valence-corrected chi connectivity index (χ3v) is 3.19. The SMILES string of the molecule is CCc1cccc(CC)c1N(C(N)=O)c1n[nH]c(C)n1. The molecule has 6 nitrogen and oxygen atoms in total. The maximum Gasteiger partial charge on any atom is 0.326 e. The number of anilines is 2. The van der Waals surface area contributed by atoms with Gasteiger partial charge in [0, 0.05) is 0 Å². The van der Waals surface area contributed by atoms with Crippen LogP contribution in [0, 0.1) is 6.92 Å². The van der Waals surface area contributed by atoms with E-state index in [-0.39, 0.29) is 5.95 Å². The first kappa shape index (κ1) is 14.0. The number of aryl methyl sites for hydroxylation is 3. The molecule has 0 fully saturated rings. The van der Waals surface area contributed by atoms with Crippen LogP contribution in [0.15, 0.2) is 18.2 Å². The van der Waals surface area contributed by atoms with E-state index in [1.54, 1.807) is 6.92 Å².